The largest absolute Gasteiger partial charge is 0.756 e. The fraction of sp³-hybridized carbons (Fsp3) is 0.812. The molecule has 0 amide bonds. The van der Waals surface area contributed by atoms with Crippen LogP contribution in [-0.2, 0) is 27.9 Å². The lowest BCUT2D eigenvalue weighted by molar-refractivity contribution is -0.870. The summed E-state index contributed by atoms with van der Waals surface area (Å²) in [5, 5.41) is 0. The average Bonchev–Trinajstić information content (AvgIpc) is 3.16. The molecule has 0 aromatic rings. The van der Waals surface area contributed by atoms with Crippen molar-refractivity contribution in [1.82, 2.24) is 0 Å². The van der Waals surface area contributed by atoms with Crippen molar-refractivity contribution in [3.63, 3.8) is 0 Å². The number of hydrogen-bond donors (Lipinski definition) is 0. The average molecular weight is 824 g/mol. The van der Waals surface area contributed by atoms with Crippen LogP contribution in [0.4, 0.5) is 0 Å². The van der Waals surface area contributed by atoms with Gasteiger partial charge < -0.3 is 27.9 Å². The second-order valence-corrected chi connectivity index (χ2v) is 18.2. The molecule has 334 valence electrons. The van der Waals surface area contributed by atoms with Crippen molar-refractivity contribution in [2.45, 2.75) is 200 Å². The van der Waals surface area contributed by atoms with Crippen LogP contribution in [0.1, 0.15) is 194 Å². The highest BCUT2D eigenvalue weighted by Gasteiger charge is 2.20. The zero-order valence-corrected chi connectivity index (χ0v) is 38.7. The van der Waals surface area contributed by atoms with E-state index in [1.165, 1.54) is 103 Å². The topological polar surface area (TPSA) is 94.1 Å². The Kier molecular flexibility index (Phi) is 40.1. The Morgan fingerprint density at radius 3 is 1.53 bits per heavy atom. The predicted molar refractivity (Wildman–Crippen MR) is 240 cm³/mol. The number of phosphoric ester groups is 1. The van der Waals surface area contributed by atoms with Gasteiger partial charge in [-0.15, -0.1) is 0 Å². The lowest BCUT2D eigenvalue weighted by Crippen LogP contribution is -2.37. The quantitative estimate of drug-likeness (QED) is 0.0199. The predicted octanol–water partition coefficient (Wildman–Crippen LogP) is 13.3. The normalized spacial score (nSPS) is 14.1. The van der Waals surface area contributed by atoms with E-state index in [9.17, 15) is 14.3 Å². The Labute approximate surface area is 352 Å². The number of quaternary nitrogens is 1. The number of ether oxygens (including phenoxy) is 2. The number of likely N-dealkylation sites (N-methyl/N-ethyl adjacent to an activating group) is 1. The first-order chi connectivity index (χ1) is 27.6. The smallest absolute Gasteiger partial charge is 0.306 e. The number of nitrogens with zero attached hydrogens (tertiary/aromatic N) is 1. The van der Waals surface area contributed by atoms with E-state index < -0.39 is 13.9 Å². The highest BCUT2D eigenvalue weighted by molar-refractivity contribution is 7.45. The van der Waals surface area contributed by atoms with Crippen molar-refractivity contribution in [2.24, 2.45) is 0 Å². The van der Waals surface area contributed by atoms with E-state index in [1.807, 2.05) is 21.1 Å². The molecule has 0 aromatic heterocycles. The maximum Gasteiger partial charge on any atom is 0.306 e. The van der Waals surface area contributed by atoms with Gasteiger partial charge in [0.2, 0.25) is 0 Å². The molecule has 0 aliphatic carbocycles. The Balaban J connectivity index is 4.23. The maximum absolute atomic E-state index is 12.7. The molecule has 0 N–H and O–H groups in total. The van der Waals surface area contributed by atoms with Gasteiger partial charge in [0.25, 0.3) is 7.82 Å². The molecular formula is C48H90NO7P. The van der Waals surface area contributed by atoms with Gasteiger partial charge in [0.05, 0.1) is 34.4 Å². The summed E-state index contributed by atoms with van der Waals surface area (Å²) in [6.45, 7) is 5.29. The van der Waals surface area contributed by atoms with Crippen molar-refractivity contribution in [3.05, 3.63) is 48.6 Å². The fourth-order valence-corrected chi connectivity index (χ4v) is 7.03. The van der Waals surface area contributed by atoms with E-state index in [0.29, 0.717) is 17.6 Å². The number of hydrogen-bond acceptors (Lipinski definition) is 7. The SMILES string of the molecule is CC/C=C\C/C=C\C/C=C\C/C=C\CCCCCCC(=O)OC(COCCCCCCCCCCCCCCCCCCCC)COP(=O)([O-])OCC[N+](C)(C)C. The Morgan fingerprint density at radius 1 is 0.561 bits per heavy atom. The van der Waals surface area contributed by atoms with Crippen LogP contribution in [0, 0.1) is 0 Å². The Hall–Kier alpha value is -1.54. The summed E-state index contributed by atoms with van der Waals surface area (Å²) in [7, 11) is 1.34. The molecule has 0 saturated carbocycles. The second-order valence-electron chi connectivity index (χ2n) is 16.7. The first-order valence-corrected chi connectivity index (χ1v) is 24.8. The van der Waals surface area contributed by atoms with Crippen LogP contribution in [0.2, 0.25) is 0 Å². The van der Waals surface area contributed by atoms with Crippen LogP contribution in [0.3, 0.4) is 0 Å². The third kappa shape index (κ3) is 45.4. The molecule has 2 atom stereocenters. The van der Waals surface area contributed by atoms with E-state index >= 15 is 0 Å². The van der Waals surface area contributed by atoms with Crippen molar-refractivity contribution >= 4 is 13.8 Å². The van der Waals surface area contributed by atoms with E-state index in [2.05, 4.69) is 62.5 Å². The number of esters is 1. The number of carbonyl (C=O) groups excluding carboxylic acids is 1. The van der Waals surface area contributed by atoms with Crippen LogP contribution in [0.25, 0.3) is 0 Å². The second kappa shape index (κ2) is 41.2. The summed E-state index contributed by atoms with van der Waals surface area (Å²) in [5.41, 5.74) is 0. The number of allylic oxidation sites excluding steroid dienone is 8. The molecule has 0 aliphatic heterocycles. The molecule has 0 aliphatic rings. The van der Waals surface area contributed by atoms with E-state index in [-0.39, 0.29) is 32.2 Å². The van der Waals surface area contributed by atoms with Gasteiger partial charge in [-0.25, -0.2) is 0 Å². The number of carbonyl (C=O) groups is 1. The number of unbranched alkanes of at least 4 members (excludes halogenated alkanes) is 21. The van der Waals surface area contributed by atoms with Gasteiger partial charge in [-0.05, 0) is 51.4 Å². The van der Waals surface area contributed by atoms with Crippen LogP contribution in [-0.4, -0.2) is 70.7 Å². The summed E-state index contributed by atoms with van der Waals surface area (Å²) in [4.78, 5) is 25.1. The summed E-state index contributed by atoms with van der Waals surface area (Å²) >= 11 is 0. The molecule has 0 fully saturated rings. The van der Waals surface area contributed by atoms with Gasteiger partial charge >= 0.3 is 5.97 Å². The third-order valence-corrected chi connectivity index (χ3v) is 10.9. The van der Waals surface area contributed by atoms with E-state index in [0.717, 1.165) is 70.6 Å². The van der Waals surface area contributed by atoms with Crippen LogP contribution >= 0.6 is 7.82 Å². The first kappa shape index (κ1) is 55.5. The minimum absolute atomic E-state index is 0.0207. The van der Waals surface area contributed by atoms with Gasteiger partial charge in [0.15, 0.2) is 0 Å². The van der Waals surface area contributed by atoms with Gasteiger partial charge in [-0.3, -0.25) is 9.36 Å². The van der Waals surface area contributed by atoms with Crippen LogP contribution < -0.4 is 4.89 Å². The minimum Gasteiger partial charge on any atom is -0.756 e. The molecular weight excluding hydrogens is 734 g/mol. The van der Waals surface area contributed by atoms with Gasteiger partial charge in [-0.1, -0.05) is 184 Å². The van der Waals surface area contributed by atoms with Crippen LogP contribution in [0.15, 0.2) is 48.6 Å². The molecule has 2 unspecified atom stereocenters. The molecule has 0 saturated heterocycles. The van der Waals surface area contributed by atoms with E-state index in [1.54, 1.807) is 0 Å². The molecule has 0 aromatic carbocycles. The van der Waals surface area contributed by atoms with E-state index in [4.69, 9.17) is 18.5 Å². The molecule has 0 heterocycles. The molecule has 57 heavy (non-hydrogen) atoms. The minimum atomic E-state index is -4.53. The van der Waals surface area contributed by atoms with Crippen molar-refractivity contribution in [3.8, 4) is 0 Å². The molecule has 9 heteroatoms. The third-order valence-electron chi connectivity index (χ3n) is 9.89. The monoisotopic (exact) mass is 824 g/mol. The molecule has 0 radical (unpaired) electrons. The van der Waals surface area contributed by atoms with Crippen LogP contribution in [0.5, 0.6) is 0 Å². The zero-order chi connectivity index (χ0) is 42.0. The standard InChI is InChI=1S/C48H90NO7P/c1-6-8-10-12-14-16-18-20-22-24-26-28-30-32-34-36-38-40-43-53-45-47(46-55-57(51,52)54-44-42-49(3,4)5)56-48(50)41-39-37-35-33-31-29-27-25-23-21-19-17-15-13-11-9-7-2/h9,11,15,17,21,23,27,29,47H,6-8,10,12-14,16,18-20,22,24-26,28,30-46H2,1-5H3/b11-9-,17-15-,23-21-,29-27-. The van der Waals surface area contributed by atoms with Crippen molar-refractivity contribution < 1.29 is 37.3 Å². The van der Waals surface area contributed by atoms with Crippen molar-refractivity contribution in [1.29, 1.82) is 0 Å². The van der Waals surface area contributed by atoms with Crippen molar-refractivity contribution in [2.75, 3.05) is 54.1 Å². The molecule has 0 rings (SSSR count). The Bertz CT molecular complexity index is 1050. The number of phosphoric acid groups is 1. The fourth-order valence-electron chi connectivity index (χ4n) is 6.30. The number of rotatable bonds is 43. The van der Waals surface area contributed by atoms with Gasteiger partial charge in [0, 0.05) is 13.0 Å². The Morgan fingerprint density at radius 2 is 1.02 bits per heavy atom. The summed E-state index contributed by atoms with van der Waals surface area (Å²) < 4.78 is 34.6. The highest BCUT2D eigenvalue weighted by atomic mass is 31.2. The molecule has 0 spiro atoms. The molecule has 8 nitrogen and oxygen atoms in total. The first-order valence-electron chi connectivity index (χ1n) is 23.4. The zero-order valence-electron chi connectivity index (χ0n) is 37.8. The lowest BCUT2D eigenvalue weighted by atomic mass is 10.0. The summed E-state index contributed by atoms with van der Waals surface area (Å²) in [6.07, 6.45) is 49.8. The van der Waals surface area contributed by atoms with Gasteiger partial charge in [-0.2, -0.15) is 0 Å². The maximum atomic E-state index is 12.7. The lowest BCUT2D eigenvalue weighted by Gasteiger charge is -2.28. The summed E-state index contributed by atoms with van der Waals surface area (Å²) in [5.74, 6) is -0.356. The molecule has 0 bridgehead atoms. The highest BCUT2D eigenvalue weighted by Crippen LogP contribution is 2.38. The summed E-state index contributed by atoms with van der Waals surface area (Å²) in [6, 6.07) is 0. The van der Waals surface area contributed by atoms with Gasteiger partial charge in [0.1, 0.15) is 19.3 Å².